The second-order valence-electron chi connectivity index (χ2n) is 10.7. The molecule has 0 saturated carbocycles. The van der Waals surface area contributed by atoms with E-state index in [1.165, 1.54) is 62.4 Å². The van der Waals surface area contributed by atoms with Crippen LogP contribution in [-0.2, 0) is 0 Å². The van der Waals surface area contributed by atoms with Gasteiger partial charge in [0, 0.05) is 0 Å². The Morgan fingerprint density at radius 1 is 1.00 bits per heavy atom. The summed E-state index contributed by atoms with van der Waals surface area (Å²) in [6.45, 7) is 21.0. The van der Waals surface area contributed by atoms with Crippen molar-refractivity contribution < 1.29 is 4.43 Å². The number of nitrogens with zero attached hydrogens (tertiary/aromatic N) is 2. The Morgan fingerprint density at radius 3 is 1.93 bits per heavy atom. The van der Waals surface area contributed by atoms with Gasteiger partial charge >= 0.3 is 196 Å². The van der Waals surface area contributed by atoms with Gasteiger partial charge in [-0.3, -0.25) is 0 Å². The molecule has 172 valence electrons. The van der Waals surface area contributed by atoms with Gasteiger partial charge in [-0.05, 0) is 0 Å². The molecule has 0 amide bonds. The first-order valence-electron chi connectivity index (χ1n) is 12.2. The molecule has 0 N–H and O–H groups in total. The number of thiazole rings is 1. The summed E-state index contributed by atoms with van der Waals surface area (Å²) in [6, 6.07) is 0.846. The average Bonchev–Trinajstić information content (AvgIpc) is 3.21. The van der Waals surface area contributed by atoms with Gasteiger partial charge in [0.1, 0.15) is 0 Å². The van der Waals surface area contributed by atoms with E-state index in [-0.39, 0.29) is 5.04 Å². The van der Waals surface area contributed by atoms with Crippen molar-refractivity contribution in [2.45, 2.75) is 118 Å². The van der Waals surface area contributed by atoms with E-state index < -0.39 is 26.7 Å². The van der Waals surface area contributed by atoms with Crippen LogP contribution in [0.2, 0.25) is 31.4 Å². The molecule has 2 aromatic heterocycles. The van der Waals surface area contributed by atoms with Gasteiger partial charge in [0.15, 0.2) is 0 Å². The summed E-state index contributed by atoms with van der Waals surface area (Å²) in [4.78, 5) is 6.03. The van der Waals surface area contributed by atoms with Crippen molar-refractivity contribution >= 4 is 45.8 Å². The molecule has 0 fully saturated rings. The normalized spacial score (nSPS) is 13.4. The Morgan fingerprint density at radius 2 is 1.50 bits per heavy atom. The van der Waals surface area contributed by atoms with Crippen LogP contribution in [0.15, 0.2) is 6.20 Å². The van der Waals surface area contributed by atoms with Gasteiger partial charge in [-0.25, -0.2) is 0 Å². The molecule has 0 aliphatic heterocycles. The molecule has 0 aromatic carbocycles. The summed E-state index contributed by atoms with van der Waals surface area (Å²) in [5.41, 5.74) is 1.46. The first kappa shape index (κ1) is 26.2. The third-order valence-electron chi connectivity index (χ3n) is 7.23. The van der Waals surface area contributed by atoms with E-state index in [0.29, 0.717) is 0 Å². The number of aryl methyl sites for hydroxylation is 1. The van der Waals surface area contributed by atoms with Crippen molar-refractivity contribution in [3.05, 3.63) is 11.9 Å². The van der Waals surface area contributed by atoms with Crippen LogP contribution >= 0.6 is 11.3 Å². The molecular formula is C24H46N2OSSiSn. The predicted molar refractivity (Wildman–Crippen MR) is 140 cm³/mol. The minimum absolute atomic E-state index is 0.179. The predicted octanol–water partition coefficient (Wildman–Crippen LogP) is 8.14. The fraction of sp³-hybridized carbons (Fsp3) is 0.792. The topological polar surface area (TPSA) is 26.5 Å². The van der Waals surface area contributed by atoms with E-state index in [2.05, 4.69) is 83.5 Å². The van der Waals surface area contributed by atoms with Crippen molar-refractivity contribution in [2.24, 2.45) is 0 Å². The molecule has 0 atom stereocenters. The molecule has 2 rings (SSSR count). The molecule has 0 aliphatic carbocycles. The van der Waals surface area contributed by atoms with Crippen molar-refractivity contribution in [1.29, 1.82) is 0 Å². The molecule has 0 unspecified atom stereocenters. The van der Waals surface area contributed by atoms with E-state index in [0.717, 1.165) is 6.01 Å². The summed E-state index contributed by atoms with van der Waals surface area (Å²) < 4.78 is 15.4. The van der Waals surface area contributed by atoms with Crippen LogP contribution in [0.5, 0.6) is 6.01 Å². The Hall–Kier alpha value is -0.0144. The monoisotopic (exact) mass is 558 g/mol. The fourth-order valence-electron chi connectivity index (χ4n) is 4.19. The molecule has 30 heavy (non-hydrogen) atoms. The second-order valence-corrected chi connectivity index (χ2v) is 30.5. The fourth-order valence-corrected chi connectivity index (χ4v) is 26.4. The molecule has 0 spiro atoms. The van der Waals surface area contributed by atoms with Gasteiger partial charge in [0.05, 0.1) is 0 Å². The van der Waals surface area contributed by atoms with Crippen LogP contribution in [0.25, 0.3) is 4.83 Å². The Kier molecular flexibility index (Phi) is 9.39. The number of fused-ring (bicyclic) bond motifs is 1. The van der Waals surface area contributed by atoms with E-state index in [1.54, 1.807) is 2.89 Å². The molecular weight excluding hydrogens is 511 g/mol. The van der Waals surface area contributed by atoms with E-state index in [9.17, 15) is 0 Å². The maximum absolute atomic E-state index is 6.69. The third-order valence-corrected chi connectivity index (χ3v) is 31.3. The Bertz CT molecular complexity index is 784. The van der Waals surface area contributed by atoms with Gasteiger partial charge in [-0.15, -0.1) is 0 Å². The van der Waals surface area contributed by atoms with Crippen LogP contribution in [0.4, 0.5) is 0 Å². The van der Waals surface area contributed by atoms with Crippen molar-refractivity contribution in [3.63, 3.8) is 0 Å². The summed E-state index contributed by atoms with van der Waals surface area (Å²) in [5, 5.41) is 0.179. The first-order chi connectivity index (χ1) is 14.0. The molecule has 0 bridgehead atoms. The van der Waals surface area contributed by atoms with Crippen LogP contribution in [0.3, 0.4) is 0 Å². The SMILES string of the molecule is CCC[CH2][Sn]([CH2]CCC)([CH2]CCC)[c]1sc2cnc(O[Si](C)(C)C(C)(C)C)n2c1C. The van der Waals surface area contributed by atoms with E-state index in [4.69, 9.17) is 9.41 Å². The second kappa shape index (κ2) is 10.7. The van der Waals surface area contributed by atoms with Gasteiger partial charge < -0.3 is 0 Å². The molecule has 3 nitrogen and oxygen atoms in total. The molecule has 0 saturated heterocycles. The quantitative estimate of drug-likeness (QED) is 0.246. The number of hydrogen-bond acceptors (Lipinski definition) is 3. The standard InChI is InChI=1S/C12H19N2OSSi.3C4H9.Sn/c1-9-8-16-10-7-13-11(14(9)10)15-17(5,6)12(2,3)4;3*1-3-4-2;/h7H,1-6H3;3*1,3-4H2,2H3;. The third kappa shape index (κ3) is 5.66. The van der Waals surface area contributed by atoms with Gasteiger partial charge in [0.2, 0.25) is 0 Å². The number of imidazole rings is 1. The minimum atomic E-state index is -2.45. The Balaban J connectivity index is 2.54. The zero-order chi connectivity index (χ0) is 22.6. The summed E-state index contributed by atoms with van der Waals surface area (Å²) in [7, 11) is -1.91. The van der Waals surface area contributed by atoms with Crippen LogP contribution in [-0.4, -0.2) is 36.1 Å². The van der Waals surface area contributed by atoms with Crippen molar-refractivity contribution in [3.8, 4) is 6.01 Å². The van der Waals surface area contributed by atoms with Crippen LogP contribution < -0.4 is 7.32 Å². The number of rotatable bonds is 12. The van der Waals surface area contributed by atoms with Crippen molar-refractivity contribution in [1.82, 2.24) is 9.38 Å². The van der Waals surface area contributed by atoms with E-state index in [1.807, 2.05) is 0 Å². The first-order valence-corrected chi connectivity index (χ1v) is 23.4. The zero-order valence-corrected chi connectivity index (χ0v) is 25.8. The molecule has 2 aromatic rings. The maximum atomic E-state index is 6.69. The number of unbranched alkanes of at least 4 members (excludes halogenated alkanes) is 3. The summed E-state index contributed by atoms with van der Waals surface area (Å²) in [6.07, 6.45) is 10.2. The van der Waals surface area contributed by atoms with Crippen molar-refractivity contribution in [2.75, 3.05) is 0 Å². The number of hydrogen-bond donors (Lipinski definition) is 0. The molecule has 6 heteroatoms. The van der Waals surface area contributed by atoms with Gasteiger partial charge in [0.25, 0.3) is 0 Å². The average molecular weight is 558 g/mol. The van der Waals surface area contributed by atoms with E-state index >= 15 is 0 Å². The van der Waals surface area contributed by atoms with Gasteiger partial charge in [-0.2, -0.15) is 0 Å². The summed E-state index contributed by atoms with van der Waals surface area (Å²) in [5.74, 6) is 0. The Labute approximate surface area is 195 Å². The van der Waals surface area contributed by atoms with Gasteiger partial charge in [-0.1, -0.05) is 0 Å². The van der Waals surface area contributed by atoms with Crippen LogP contribution in [0.1, 0.15) is 85.8 Å². The zero-order valence-electron chi connectivity index (χ0n) is 21.2. The molecule has 0 aliphatic rings. The molecule has 0 radical (unpaired) electrons. The number of aromatic nitrogens is 2. The molecule has 2 heterocycles. The van der Waals surface area contributed by atoms with Crippen LogP contribution in [0, 0.1) is 6.92 Å². The summed E-state index contributed by atoms with van der Waals surface area (Å²) >= 11 is -0.389.